The maximum atomic E-state index is 12.5. The molecule has 128 valence electrons. The lowest BCUT2D eigenvalue weighted by atomic mass is 9.77. The Bertz CT molecular complexity index is 604. The van der Waals surface area contributed by atoms with E-state index in [1.165, 1.54) is 29.5 Å². The average Bonchev–Trinajstić information content (AvgIpc) is 2.44. The van der Waals surface area contributed by atoms with Crippen molar-refractivity contribution in [3.63, 3.8) is 0 Å². The number of methoxy groups -OCH3 is 1. The highest BCUT2D eigenvalue weighted by atomic mass is 16.5. The standard InChI is InChI=1S/C20H31NO2/c1-12(2)18(19(22)23-8)21-17-10-14(4)13(3)9-16(17)15(5)11-20(21,6)7/h9-10,12,15,18H,11H2,1-8H3/t15-,18-/m1/s1. The van der Waals surface area contributed by atoms with Gasteiger partial charge in [-0.05, 0) is 68.7 Å². The largest absolute Gasteiger partial charge is 0.467 e. The molecule has 0 amide bonds. The Morgan fingerprint density at radius 3 is 2.35 bits per heavy atom. The summed E-state index contributed by atoms with van der Waals surface area (Å²) >= 11 is 0. The van der Waals surface area contributed by atoms with Crippen molar-refractivity contribution in [2.24, 2.45) is 5.92 Å². The van der Waals surface area contributed by atoms with Crippen molar-refractivity contribution in [1.82, 2.24) is 0 Å². The van der Waals surface area contributed by atoms with Crippen molar-refractivity contribution >= 4 is 11.7 Å². The van der Waals surface area contributed by atoms with Crippen LogP contribution in [0.15, 0.2) is 12.1 Å². The molecule has 0 radical (unpaired) electrons. The first-order chi connectivity index (χ1) is 10.6. The molecule has 0 saturated heterocycles. The minimum atomic E-state index is -0.261. The molecule has 1 aliphatic heterocycles. The number of rotatable bonds is 3. The van der Waals surface area contributed by atoms with Crippen molar-refractivity contribution in [2.75, 3.05) is 12.0 Å². The Morgan fingerprint density at radius 2 is 1.83 bits per heavy atom. The summed E-state index contributed by atoms with van der Waals surface area (Å²) in [7, 11) is 1.48. The predicted molar refractivity (Wildman–Crippen MR) is 96.1 cm³/mol. The van der Waals surface area contributed by atoms with Crippen LogP contribution in [0, 0.1) is 19.8 Å². The van der Waals surface area contributed by atoms with Gasteiger partial charge in [0.25, 0.3) is 0 Å². The molecular formula is C20H31NO2. The lowest BCUT2D eigenvalue weighted by molar-refractivity contribution is -0.143. The molecule has 2 rings (SSSR count). The third kappa shape index (κ3) is 3.11. The van der Waals surface area contributed by atoms with Gasteiger partial charge in [-0.15, -0.1) is 0 Å². The first-order valence-corrected chi connectivity index (χ1v) is 8.58. The van der Waals surface area contributed by atoms with E-state index in [-0.39, 0.29) is 23.5 Å². The molecule has 0 aromatic heterocycles. The molecule has 3 nitrogen and oxygen atoms in total. The molecule has 0 fully saturated rings. The van der Waals surface area contributed by atoms with Gasteiger partial charge in [-0.3, -0.25) is 0 Å². The van der Waals surface area contributed by atoms with Crippen LogP contribution in [0.1, 0.15) is 63.6 Å². The van der Waals surface area contributed by atoms with Crippen molar-refractivity contribution < 1.29 is 9.53 Å². The molecule has 1 heterocycles. The smallest absolute Gasteiger partial charge is 0.328 e. The van der Waals surface area contributed by atoms with E-state index in [0.29, 0.717) is 5.92 Å². The van der Waals surface area contributed by atoms with E-state index in [1.807, 2.05) is 0 Å². The van der Waals surface area contributed by atoms with E-state index >= 15 is 0 Å². The second-order valence-electron chi connectivity index (χ2n) is 7.99. The summed E-state index contributed by atoms with van der Waals surface area (Å²) in [6.45, 7) is 15.2. The Morgan fingerprint density at radius 1 is 1.26 bits per heavy atom. The molecule has 3 heteroatoms. The second kappa shape index (κ2) is 6.18. The van der Waals surface area contributed by atoms with Crippen molar-refractivity contribution in [3.8, 4) is 0 Å². The SMILES string of the molecule is COC(=O)[C@@H](C(C)C)N1c2cc(C)c(C)cc2[C@H](C)CC1(C)C. The van der Waals surface area contributed by atoms with Crippen LogP contribution in [0.5, 0.6) is 0 Å². The number of hydrogen-bond acceptors (Lipinski definition) is 3. The molecule has 1 aromatic carbocycles. The Balaban J connectivity index is 2.67. The topological polar surface area (TPSA) is 29.5 Å². The number of benzene rings is 1. The highest BCUT2D eigenvalue weighted by Crippen LogP contribution is 2.46. The summed E-state index contributed by atoms with van der Waals surface area (Å²) in [6.07, 6.45) is 1.03. The molecule has 0 aliphatic carbocycles. The van der Waals surface area contributed by atoms with Gasteiger partial charge in [0, 0.05) is 11.2 Å². The summed E-state index contributed by atoms with van der Waals surface area (Å²) in [4.78, 5) is 14.8. The van der Waals surface area contributed by atoms with Gasteiger partial charge in [0.15, 0.2) is 0 Å². The molecule has 2 atom stereocenters. The molecular weight excluding hydrogens is 286 g/mol. The Hall–Kier alpha value is -1.51. The molecule has 23 heavy (non-hydrogen) atoms. The number of carbonyl (C=O) groups excluding carboxylic acids is 1. The van der Waals surface area contributed by atoms with Crippen LogP contribution in [0.2, 0.25) is 0 Å². The van der Waals surface area contributed by atoms with Crippen LogP contribution < -0.4 is 4.90 Å². The first-order valence-electron chi connectivity index (χ1n) is 8.58. The maximum absolute atomic E-state index is 12.5. The van der Waals surface area contributed by atoms with Gasteiger partial charge in [0.05, 0.1) is 7.11 Å². The van der Waals surface area contributed by atoms with Gasteiger partial charge >= 0.3 is 5.97 Å². The van der Waals surface area contributed by atoms with E-state index in [4.69, 9.17) is 4.74 Å². The van der Waals surface area contributed by atoms with Crippen LogP contribution in [0.25, 0.3) is 0 Å². The Labute approximate surface area is 141 Å². The quantitative estimate of drug-likeness (QED) is 0.763. The van der Waals surface area contributed by atoms with Crippen molar-refractivity contribution in [1.29, 1.82) is 0 Å². The molecule has 0 bridgehead atoms. The fourth-order valence-corrected chi connectivity index (χ4v) is 4.03. The number of anilines is 1. The van der Waals surface area contributed by atoms with E-state index in [0.717, 1.165) is 6.42 Å². The fraction of sp³-hybridized carbons (Fsp3) is 0.650. The zero-order valence-corrected chi connectivity index (χ0v) is 15.9. The summed E-state index contributed by atoms with van der Waals surface area (Å²) in [6, 6.07) is 4.29. The summed E-state index contributed by atoms with van der Waals surface area (Å²) in [5.41, 5.74) is 5.04. The van der Waals surface area contributed by atoms with E-state index in [9.17, 15) is 4.79 Å². The zero-order chi connectivity index (χ0) is 17.5. The van der Waals surface area contributed by atoms with Gasteiger partial charge in [0.2, 0.25) is 0 Å². The molecule has 1 aromatic rings. The molecule has 0 spiro atoms. The molecule has 0 saturated carbocycles. The number of fused-ring (bicyclic) bond motifs is 1. The van der Waals surface area contributed by atoms with Crippen LogP contribution in [0.3, 0.4) is 0 Å². The highest BCUT2D eigenvalue weighted by molar-refractivity contribution is 5.82. The fourth-order valence-electron chi connectivity index (χ4n) is 4.03. The highest BCUT2D eigenvalue weighted by Gasteiger charge is 2.44. The van der Waals surface area contributed by atoms with Crippen LogP contribution in [0.4, 0.5) is 5.69 Å². The van der Waals surface area contributed by atoms with Gasteiger partial charge in [-0.1, -0.05) is 26.8 Å². The summed E-state index contributed by atoms with van der Waals surface area (Å²) in [5, 5.41) is 0. The normalized spacial score (nSPS) is 21.1. The zero-order valence-electron chi connectivity index (χ0n) is 15.9. The van der Waals surface area contributed by atoms with Gasteiger partial charge < -0.3 is 9.64 Å². The van der Waals surface area contributed by atoms with E-state index in [2.05, 4.69) is 65.5 Å². The number of esters is 1. The number of carbonyl (C=O) groups is 1. The number of aryl methyl sites for hydroxylation is 2. The van der Waals surface area contributed by atoms with E-state index < -0.39 is 0 Å². The summed E-state index contributed by atoms with van der Waals surface area (Å²) < 4.78 is 5.14. The molecule has 1 aliphatic rings. The van der Waals surface area contributed by atoms with Gasteiger partial charge in [-0.2, -0.15) is 0 Å². The lowest BCUT2D eigenvalue weighted by Crippen LogP contribution is -2.58. The number of nitrogens with zero attached hydrogens (tertiary/aromatic N) is 1. The van der Waals surface area contributed by atoms with Gasteiger partial charge in [0.1, 0.15) is 6.04 Å². The Kier molecular flexibility index (Phi) is 4.79. The van der Waals surface area contributed by atoms with Crippen molar-refractivity contribution in [2.45, 2.75) is 72.4 Å². The maximum Gasteiger partial charge on any atom is 0.328 e. The minimum Gasteiger partial charge on any atom is -0.467 e. The van der Waals surface area contributed by atoms with Gasteiger partial charge in [-0.25, -0.2) is 4.79 Å². The third-order valence-corrected chi connectivity index (χ3v) is 5.24. The van der Waals surface area contributed by atoms with Crippen LogP contribution in [-0.4, -0.2) is 24.7 Å². The van der Waals surface area contributed by atoms with Crippen molar-refractivity contribution in [3.05, 3.63) is 28.8 Å². The van der Waals surface area contributed by atoms with Crippen LogP contribution in [-0.2, 0) is 9.53 Å². The second-order valence-corrected chi connectivity index (χ2v) is 7.99. The molecule has 0 N–H and O–H groups in total. The first kappa shape index (κ1) is 17.8. The predicted octanol–water partition coefficient (Wildman–Crippen LogP) is 4.59. The number of hydrogen-bond donors (Lipinski definition) is 0. The third-order valence-electron chi connectivity index (χ3n) is 5.24. The van der Waals surface area contributed by atoms with Crippen LogP contribution >= 0.6 is 0 Å². The molecule has 0 unspecified atom stereocenters. The van der Waals surface area contributed by atoms with E-state index in [1.54, 1.807) is 0 Å². The minimum absolute atomic E-state index is 0.0861. The average molecular weight is 317 g/mol. The number of ether oxygens (including phenoxy) is 1. The summed E-state index contributed by atoms with van der Waals surface area (Å²) in [5.74, 6) is 0.525. The lowest BCUT2D eigenvalue weighted by Gasteiger charge is -2.51. The monoisotopic (exact) mass is 317 g/mol.